The first-order valence-electron chi connectivity index (χ1n) is 7.82. The van der Waals surface area contributed by atoms with Gasteiger partial charge in [-0.1, -0.05) is 36.0 Å². The molecule has 2 N–H and O–H groups in total. The fraction of sp³-hybridized carbons (Fsp3) is 0.235. The Morgan fingerprint density at radius 3 is 2.64 bits per heavy atom. The van der Waals surface area contributed by atoms with Gasteiger partial charge in [-0.3, -0.25) is 4.79 Å². The number of nitrogens with two attached hydrogens (primary N) is 1. The Morgan fingerprint density at radius 1 is 1.24 bits per heavy atom. The molecular weight excluding hydrogens is 354 g/mol. The fourth-order valence-corrected chi connectivity index (χ4v) is 3.89. The van der Waals surface area contributed by atoms with Gasteiger partial charge in [0.15, 0.2) is 5.82 Å². The number of benzene rings is 1. The zero-order chi connectivity index (χ0) is 17.8. The van der Waals surface area contributed by atoms with Crippen LogP contribution in [0, 0.1) is 0 Å². The lowest BCUT2D eigenvalue weighted by Crippen LogP contribution is -2.38. The third-order valence-electron chi connectivity index (χ3n) is 3.55. The monoisotopic (exact) mass is 373 g/mol. The standard InChI is InChI=1S/C17H19N5OS2/c1-12(2)21(13-7-4-3-5-8-13)15(23)11-25-17-20-19-16(22(17)18)14-9-6-10-24-14/h3-10,12H,11,18H2,1-2H3. The van der Waals surface area contributed by atoms with Crippen LogP contribution in [0.5, 0.6) is 0 Å². The van der Waals surface area contributed by atoms with E-state index < -0.39 is 0 Å². The first-order valence-corrected chi connectivity index (χ1v) is 9.68. The molecule has 1 aromatic carbocycles. The van der Waals surface area contributed by atoms with E-state index in [4.69, 9.17) is 5.84 Å². The Bertz CT molecular complexity index is 830. The Morgan fingerprint density at radius 2 is 2.00 bits per heavy atom. The maximum Gasteiger partial charge on any atom is 0.237 e. The van der Waals surface area contributed by atoms with Crippen LogP contribution in [0.2, 0.25) is 0 Å². The summed E-state index contributed by atoms with van der Waals surface area (Å²) in [5.74, 6) is 6.93. The number of carbonyl (C=O) groups excluding carboxylic acids is 1. The van der Waals surface area contributed by atoms with E-state index in [1.54, 1.807) is 16.2 Å². The zero-order valence-electron chi connectivity index (χ0n) is 14.0. The molecule has 0 aliphatic carbocycles. The third kappa shape index (κ3) is 3.85. The molecule has 0 fully saturated rings. The van der Waals surface area contributed by atoms with E-state index >= 15 is 0 Å². The van der Waals surface area contributed by atoms with Gasteiger partial charge in [-0.05, 0) is 37.4 Å². The maximum atomic E-state index is 12.7. The molecule has 0 radical (unpaired) electrons. The quantitative estimate of drug-likeness (QED) is 0.530. The Kier molecular flexibility index (Phi) is 5.40. The summed E-state index contributed by atoms with van der Waals surface area (Å²) in [6.07, 6.45) is 0. The molecular formula is C17H19N5OS2. The predicted octanol–water partition coefficient (Wildman–Crippen LogP) is 3.25. The van der Waals surface area contributed by atoms with Crippen LogP contribution in [0.25, 0.3) is 10.7 Å². The second-order valence-electron chi connectivity index (χ2n) is 5.64. The predicted molar refractivity (Wildman–Crippen MR) is 103 cm³/mol. The summed E-state index contributed by atoms with van der Waals surface area (Å²) in [5.41, 5.74) is 0.886. The highest BCUT2D eigenvalue weighted by molar-refractivity contribution is 7.99. The summed E-state index contributed by atoms with van der Waals surface area (Å²) in [6.45, 7) is 3.99. The van der Waals surface area contributed by atoms with Gasteiger partial charge in [0.05, 0.1) is 10.6 Å². The van der Waals surface area contributed by atoms with E-state index in [0.717, 1.165) is 10.6 Å². The van der Waals surface area contributed by atoms with Gasteiger partial charge in [-0.15, -0.1) is 21.5 Å². The molecule has 130 valence electrons. The van der Waals surface area contributed by atoms with Gasteiger partial charge in [0.25, 0.3) is 0 Å². The molecule has 0 spiro atoms. The van der Waals surface area contributed by atoms with Crippen LogP contribution in [-0.4, -0.2) is 32.6 Å². The molecule has 6 nitrogen and oxygen atoms in total. The van der Waals surface area contributed by atoms with Gasteiger partial charge in [-0.2, -0.15) is 0 Å². The molecule has 0 saturated heterocycles. The lowest BCUT2D eigenvalue weighted by Gasteiger charge is -2.26. The summed E-state index contributed by atoms with van der Waals surface area (Å²) in [7, 11) is 0. The summed E-state index contributed by atoms with van der Waals surface area (Å²) in [4.78, 5) is 15.4. The minimum absolute atomic E-state index is 0.00636. The number of thiophene rings is 1. The van der Waals surface area contributed by atoms with Crippen LogP contribution in [0.4, 0.5) is 5.69 Å². The highest BCUT2D eigenvalue weighted by Gasteiger charge is 2.21. The summed E-state index contributed by atoms with van der Waals surface area (Å²) < 4.78 is 1.44. The van der Waals surface area contributed by atoms with Crippen molar-refractivity contribution in [2.45, 2.75) is 25.0 Å². The smallest absolute Gasteiger partial charge is 0.237 e. The number of nitrogens with zero attached hydrogens (tertiary/aromatic N) is 4. The number of amides is 1. The van der Waals surface area contributed by atoms with E-state index in [2.05, 4.69) is 10.2 Å². The van der Waals surface area contributed by atoms with Gasteiger partial charge in [-0.25, -0.2) is 4.68 Å². The number of para-hydroxylation sites is 1. The Hall–Kier alpha value is -2.32. The van der Waals surface area contributed by atoms with Crippen molar-refractivity contribution in [1.82, 2.24) is 14.9 Å². The highest BCUT2D eigenvalue weighted by Crippen LogP contribution is 2.26. The lowest BCUT2D eigenvalue weighted by atomic mass is 10.2. The van der Waals surface area contributed by atoms with Crippen LogP contribution in [0.3, 0.4) is 0 Å². The summed E-state index contributed by atoms with van der Waals surface area (Å²) >= 11 is 2.84. The van der Waals surface area contributed by atoms with Crippen molar-refractivity contribution in [2.75, 3.05) is 16.5 Å². The largest absolute Gasteiger partial charge is 0.335 e. The number of aromatic nitrogens is 3. The first-order chi connectivity index (χ1) is 12.1. The van der Waals surface area contributed by atoms with E-state index in [-0.39, 0.29) is 17.7 Å². The SMILES string of the molecule is CC(C)N(C(=O)CSc1nnc(-c2cccs2)n1N)c1ccccc1. The van der Waals surface area contributed by atoms with Gasteiger partial charge < -0.3 is 10.7 Å². The summed E-state index contributed by atoms with van der Waals surface area (Å²) in [5, 5.41) is 10.7. The topological polar surface area (TPSA) is 77.0 Å². The first kappa shape index (κ1) is 17.5. The van der Waals surface area contributed by atoms with Gasteiger partial charge in [0.2, 0.25) is 11.1 Å². The molecule has 0 bridgehead atoms. The average Bonchev–Trinajstić information content (AvgIpc) is 3.23. The molecule has 0 saturated carbocycles. The molecule has 3 rings (SSSR count). The van der Waals surface area contributed by atoms with Crippen molar-refractivity contribution >= 4 is 34.7 Å². The van der Waals surface area contributed by atoms with Gasteiger partial charge >= 0.3 is 0 Å². The van der Waals surface area contributed by atoms with Crippen LogP contribution in [-0.2, 0) is 4.79 Å². The van der Waals surface area contributed by atoms with Crippen LogP contribution < -0.4 is 10.7 Å². The minimum atomic E-state index is 0.00636. The molecule has 0 unspecified atom stereocenters. The normalized spacial score (nSPS) is 11.0. The second kappa shape index (κ2) is 7.71. The van der Waals surface area contributed by atoms with Crippen LogP contribution >= 0.6 is 23.1 Å². The molecule has 3 aromatic rings. The van der Waals surface area contributed by atoms with Gasteiger partial charge in [0.1, 0.15) is 0 Å². The fourth-order valence-electron chi connectivity index (χ4n) is 2.46. The van der Waals surface area contributed by atoms with Crippen molar-refractivity contribution in [3.8, 4) is 10.7 Å². The maximum absolute atomic E-state index is 12.7. The van der Waals surface area contributed by atoms with E-state index in [9.17, 15) is 4.79 Å². The van der Waals surface area contributed by atoms with Crippen molar-refractivity contribution in [1.29, 1.82) is 0 Å². The number of anilines is 1. The van der Waals surface area contributed by atoms with E-state index in [1.165, 1.54) is 16.4 Å². The number of carbonyl (C=O) groups is 1. The number of rotatable bonds is 6. The molecule has 0 atom stereocenters. The number of hydrogen-bond donors (Lipinski definition) is 1. The minimum Gasteiger partial charge on any atom is -0.335 e. The zero-order valence-corrected chi connectivity index (χ0v) is 15.6. The van der Waals surface area contributed by atoms with Crippen molar-refractivity contribution in [3.05, 3.63) is 47.8 Å². The van der Waals surface area contributed by atoms with Crippen molar-refractivity contribution in [3.63, 3.8) is 0 Å². The lowest BCUT2D eigenvalue weighted by molar-refractivity contribution is -0.116. The van der Waals surface area contributed by atoms with Crippen LogP contribution in [0.15, 0.2) is 53.0 Å². The number of hydrogen-bond acceptors (Lipinski definition) is 6. The molecule has 2 heterocycles. The molecule has 0 aliphatic rings. The third-order valence-corrected chi connectivity index (χ3v) is 5.34. The van der Waals surface area contributed by atoms with Gasteiger partial charge in [0, 0.05) is 11.7 Å². The van der Waals surface area contributed by atoms with E-state index in [0.29, 0.717) is 11.0 Å². The van der Waals surface area contributed by atoms with E-state index in [1.807, 2.05) is 61.7 Å². The molecule has 2 aromatic heterocycles. The van der Waals surface area contributed by atoms with Crippen LogP contribution in [0.1, 0.15) is 13.8 Å². The molecule has 25 heavy (non-hydrogen) atoms. The molecule has 1 amide bonds. The van der Waals surface area contributed by atoms with Crippen molar-refractivity contribution < 1.29 is 4.79 Å². The Balaban J connectivity index is 1.71. The molecule has 8 heteroatoms. The molecule has 0 aliphatic heterocycles. The Labute approximate surface area is 154 Å². The summed E-state index contributed by atoms with van der Waals surface area (Å²) in [6, 6.07) is 13.6. The highest BCUT2D eigenvalue weighted by atomic mass is 32.2. The average molecular weight is 374 g/mol. The number of nitrogen functional groups attached to an aromatic ring is 1. The number of thioether (sulfide) groups is 1. The van der Waals surface area contributed by atoms with Crippen molar-refractivity contribution in [2.24, 2.45) is 0 Å². The second-order valence-corrected chi connectivity index (χ2v) is 7.53.